The number of hydrogen-bond donors (Lipinski definition) is 1. The van der Waals surface area contributed by atoms with Gasteiger partial charge in [-0.25, -0.2) is 0 Å². The van der Waals surface area contributed by atoms with Gasteiger partial charge in [-0.15, -0.1) is 0 Å². The van der Waals surface area contributed by atoms with E-state index < -0.39 is 0 Å². The second-order valence-corrected chi connectivity index (χ2v) is 5.31. The molecule has 0 aliphatic carbocycles. The maximum Gasteiger partial charge on any atom is 0.280 e. The normalized spacial score (nSPS) is 36.5. The van der Waals surface area contributed by atoms with Crippen molar-refractivity contribution in [3.8, 4) is 0 Å². The molecule has 84 valence electrons. The Balaban J connectivity index is 2.21. The van der Waals surface area contributed by atoms with Crippen LogP contribution in [0, 0.1) is 0 Å². The molecule has 1 fully saturated rings. The first-order chi connectivity index (χ1) is 7.55. The van der Waals surface area contributed by atoms with E-state index in [0.717, 1.165) is 17.4 Å². The molecule has 1 N–H and O–H groups in total. The fourth-order valence-electron chi connectivity index (χ4n) is 3.16. The van der Waals surface area contributed by atoms with Crippen LogP contribution < -0.4 is 5.32 Å². The summed E-state index contributed by atoms with van der Waals surface area (Å²) in [6.07, 6.45) is 1.07. The molecular formula is C13H17N2O+. The minimum Gasteiger partial charge on any atom is -0.296 e. The molecule has 3 heteroatoms. The maximum atomic E-state index is 11.7. The van der Waals surface area contributed by atoms with Gasteiger partial charge in [-0.2, -0.15) is 0 Å². The van der Waals surface area contributed by atoms with E-state index in [1.54, 1.807) is 0 Å². The molecule has 0 bridgehead atoms. The first-order valence-corrected chi connectivity index (χ1v) is 5.79. The molecule has 1 saturated heterocycles. The third-order valence-electron chi connectivity index (χ3n) is 4.37. The summed E-state index contributed by atoms with van der Waals surface area (Å²) in [4.78, 5) is 11.7. The molecule has 2 aliphatic heterocycles. The van der Waals surface area contributed by atoms with E-state index in [0.29, 0.717) is 6.54 Å². The average molecular weight is 217 g/mol. The third kappa shape index (κ3) is 1.04. The Hall–Kier alpha value is -1.35. The molecule has 3 nitrogen and oxygen atoms in total. The fraction of sp³-hybridized carbons (Fsp3) is 0.462. The quantitative estimate of drug-likeness (QED) is 0.645. The second-order valence-electron chi connectivity index (χ2n) is 5.31. The van der Waals surface area contributed by atoms with E-state index >= 15 is 0 Å². The highest BCUT2D eigenvalue weighted by Crippen LogP contribution is 2.40. The summed E-state index contributed by atoms with van der Waals surface area (Å²) in [5.41, 5.74) is 2.43. The van der Waals surface area contributed by atoms with Crippen LogP contribution in [0.2, 0.25) is 0 Å². The van der Waals surface area contributed by atoms with Crippen molar-refractivity contribution < 1.29 is 9.28 Å². The molecule has 16 heavy (non-hydrogen) atoms. The number of carbonyl (C=O) groups is 1. The smallest absolute Gasteiger partial charge is 0.280 e. The number of amides is 1. The van der Waals surface area contributed by atoms with Gasteiger partial charge in [-0.1, -0.05) is 24.3 Å². The molecule has 0 unspecified atom stereocenters. The molecule has 0 spiro atoms. The molecule has 1 amide bonds. The Morgan fingerprint density at radius 1 is 1.38 bits per heavy atom. The van der Waals surface area contributed by atoms with Crippen LogP contribution in [-0.2, 0) is 16.9 Å². The molecule has 2 heterocycles. The lowest BCUT2D eigenvalue weighted by Gasteiger charge is -2.46. The standard InChI is InChI=1S/C13H16N2O/c1-13-11-6-4-3-5-10(11)7-8-15(13,2)9-12(16)14-13/h3-6H,7-9H2,1-2H3/p+1/t13-,15+/m1/s1. The molecule has 0 saturated carbocycles. The summed E-state index contributed by atoms with van der Waals surface area (Å²) in [5.74, 6) is 0.168. The Bertz CT molecular complexity index is 471. The number of nitrogens with zero attached hydrogens (tertiary/aromatic N) is 1. The molecule has 3 rings (SSSR count). The summed E-state index contributed by atoms with van der Waals surface area (Å²) in [6, 6.07) is 8.46. The van der Waals surface area contributed by atoms with Gasteiger partial charge in [-0.05, 0) is 5.56 Å². The number of fused-ring (bicyclic) bond motifs is 3. The van der Waals surface area contributed by atoms with Crippen molar-refractivity contribution in [3.63, 3.8) is 0 Å². The number of nitrogens with one attached hydrogen (secondary N) is 1. The third-order valence-corrected chi connectivity index (χ3v) is 4.37. The van der Waals surface area contributed by atoms with Crippen molar-refractivity contribution in [1.29, 1.82) is 0 Å². The van der Waals surface area contributed by atoms with E-state index in [9.17, 15) is 4.79 Å². The minimum atomic E-state index is -0.230. The zero-order valence-electron chi connectivity index (χ0n) is 9.79. The van der Waals surface area contributed by atoms with Crippen LogP contribution in [0.15, 0.2) is 24.3 Å². The van der Waals surface area contributed by atoms with Crippen LogP contribution >= 0.6 is 0 Å². The van der Waals surface area contributed by atoms with Crippen molar-refractivity contribution in [2.24, 2.45) is 0 Å². The number of benzene rings is 1. The Kier molecular flexibility index (Phi) is 1.76. The van der Waals surface area contributed by atoms with Crippen molar-refractivity contribution in [1.82, 2.24) is 5.32 Å². The summed E-state index contributed by atoms with van der Waals surface area (Å²) < 4.78 is 0.794. The molecule has 0 radical (unpaired) electrons. The van der Waals surface area contributed by atoms with Gasteiger partial charge in [0, 0.05) is 18.9 Å². The van der Waals surface area contributed by atoms with Gasteiger partial charge in [0.05, 0.1) is 13.6 Å². The second kappa shape index (κ2) is 2.86. The Morgan fingerprint density at radius 3 is 2.94 bits per heavy atom. The number of rotatable bonds is 0. The van der Waals surface area contributed by atoms with Crippen LogP contribution in [0.5, 0.6) is 0 Å². The van der Waals surface area contributed by atoms with Crippen LogP contribution in [0.4, 0.5) is 0 Å². The lowest BCUT2D eigenvalue weighted by molar-refractivity contribution is -0.954. The largest absolute Gasteiger partial charge is 0.296 e. The first-order valence-electron chi connectivity index (χ1n) is 5.79. The van der Waals surface area contributed by atoms with E-state index in [-0.39, 0.29) is 11.6 Å². The van der Waals surface area contributed by atoms with Gasteiger partial charge in [0.2, 0.25) is 0 Å². The van der Waals surface area contributed by atoms with Crippen LogP contribution in [0.1, 0.15) is 18.1 Å². The predicted octanol–water partition coefficient (Wildman–Crippen LogP) is 0.992. The molecule has 2 aliphatic rings. The highest BCUT2D eigenvalue weighted by atomic mass is 16.2. The average Bonchev–Trinajstić information content (AvgIpc) is 2.49. The van der Waals surface area contributed by atoms with Gasteiger partial charge in [-0.3, -0.25) is 14.6 Å². The molecule has 0 aromatic heterocycles. The van der Waals surface area contributed by atoms with E-state index in [2.05, 4.69) is 43.6 Å². The topological polar surface area (TPSA) is 29.1 Å². The summed E-state index contributed by atoms with van der Waals surface area (Å²) in [5, 5.41) is 3.16. The van der Waals surface area contributed by atoms with Crippen molar-refractivity contribution in [3.05, 3.63) is 35.4 Å². The number of hydrogen-bond acceptors (Lipinski definition) is 1. The van der Waals surface area contributed by atoms with E-state index in [1.165, 1.54) is 11.1 Å². The van der Waals surface area contributed by atoms with E-state index in [4.69, 9.17) is 0 Å². The lowest BCUT2D eigenvalue weighted by atomic mass is 9.87. The van der Waals surface area contributed by atoms with Crippen molar-refractivity contribution in [2.75, 3.05) is 20.1 Å². The lowest BCUT2D eigenvalue weighted by Crippen LogP contribution is -2.61. The fourth-order valence-corrected chi connectivity index (χ4v) is 3.16. The molecule has 2 atom stereocenters. The maximum absolute atomic E-state index is 11.7. The van der Waals surface area contributed by atoms with Gasteiger partial charge >= 0.3 is 0 Å². The predicted molar refractivity (Wildman–Crippen MR) is 61.6 cm³/mol. The Morgan fingerprint density at radius 2 is 2.12 bits per heavy atom. The van der Waals surface area contributed by atoms with Crippen LogP contribution in [0.25, 0.3) is 0 Å². The first kappa shape index (κ1) is 9.85. The van der Waals surface area contributed by atoms with Gasteiger partial charge in [0.15, 0.2) is 12.2 Å². The highest BCUT2D eigenvalue weighted by Gasteiger charge is 2.56. The zero-order chi connectivity index (χ0) is 11.4. The molecule has 1 aromatic rings. The number of carbonyl (C=O) groups excluding carboxylic acids is 1. The summed E-state index contributed by atoms with van der Waals surface area (Å²) in [7, 11) is 2.17. The van der Waals surface area contributed by atoms with Crippen molar-refractivity contribution in [2.45, 2.75) is 19.0 Å². The van der Waals surface area contributed by atoms with Gasteiger partial charge in [0.1, 0.15) is 0 Å². The molecule has 1 aromatic carbocycles. The number of quaternary nitrogens is 1. The SMILES string of the molecule is C[C@@]12NC(=O)C[N@+]1(C)CCc1ccccc12. The zero-order valence-corrected chi connectivity index (χ0v) is 9.79. The Labute approximate surface area is 95.7 Å². The minimum absolute atomic E-state index is 0.168. The van der Waals surface area contributed by atoms with Crippen molar-refractivity contribution >= 4 is 5.91 Å². The van der Waals surface area contributed by atoms with Crippen LogP contribution in [0.3, 0.4) is 0 Å². The highest BCUT2D eigenvalue weighted by molar-refractivity contribution is 5.80. The summed E-state index contributed by atoms with van der Waals surface area (Å²) >= 11 is 0. The monoisotopic (exact) mass is 217 g/mol. The molecular weight excluding hydrogens is 200 g/mol. The number of likely N-dealkylation sites (N-methyl/N-ethyl adjacent to an activating group) is 1. The van der Waals surface area contributed by atoms with Gasteiger partial charge < -0.3 is 0 Å². The van der Waals surface area contributed by atoms with Gasteiger partial charge in [0.25, 0.3) is 5.91 Å². The van der Waals surface area contributed by atoms with Crippen LogP contribution in [-0.4, -0.2) is 30.5 Å². The summed E-state index contributed by atoms with van der Waals surface area (Å²) in [6.45, 7) is 3.78. The van der Waals surface area contributed by atoms with E-state index in [1.807, 2.05) is 0 Å².